The Labute approximate surface area is 78.1 Å². The Balaban J connectivity index is 2.56. The van der Waals surface area contributed by atoms with Crippen LogP contribution in [0, 0.1) is 11.3 Å². The number of amides is 1. The van der Waals surface area contributed by atoms with E-state index < -0.39 is 0 Å². The number of carbonyl (C=O) groups excluding carboxylic acids is 1. The van der Waals surface area contributed by atoms with E-state index in [4.69, 9.17) is 10.00 Å². The van der Waals surface area contributed by atoms with Gasteiger partial charge in [-0.2, -0.15) is 5.26 Å². The Bertz CT molecular complexity index is 234. The zero-order valence-electron chi connectivity index (χ0n) is 7.99. The molecular weight excluding hydrogens is 168 g/mol. The van der Waals surface area contributed by atoms with Crippen molar-refractivity contribution in [1.29, 1.82) is 5.26 Å². The van der Waals surface area contributed by atoms with E-state index in [1.54, 1.807) is 4.90 Å². The molecule has 0 saturated carbocycles. The predicted octanol–water partition coefficient (Wildman–Crippen LogP) is 0.536. The number of nitrogens with zero attached hydrogens (tertiary/aromatic N) is 2. The minimum Gasteiger partial charge on any atom is -0.375 e. The van der Waals surface area contributed by atoms with Crippen LogP contribution < -0.4 is 0 Å². The van der Waals surface area contributed by atoms with Crippen molar-refractivity contribution in [1.82, 2.24) is 4.90 Å². The van der Waals surface area contributed by atoms with Gasteiger partial charge in [-0.1, -0.05) is 0 Å². The summed E-state index contributed by atoms with van der Waals surface area (Å²) in [4.78, 5) is 13.1. The van der Waals surface area contributed by atoms with Crippen molar-refractivity contribution in [2.24, 2.45) is 0 Å². The molecule has 0 aromatic carbocycles. The van der Waals surface area contributed by atoms with Gasteiger partial charge in [0.15, 0.2) is 0 Å². The fraction of sp³-hybridized carbons (Fsp3) is 0.778. The molecule has 1 saturated heterocycles. The van der Waals surface area contributed by atoms with Crippen molar-refractivity contribution in [3.63, 3.8) is 0 Å². The van der Waals surface area contributed by atoms with Gasteiger partial charge >= 0.3 is 0 Å². The average molecular weight is 182 g/mol. The number of hydrogen-bond acceptors (Lipinski definition) is 3. The third-order valence-electron chi connectivity index (χ3n) is 2.16. The summed E-state index contributed by atoms with van der Waals surface area (Å²) in [6.45, 7) is 5.03. The minimum atomic E-state index is -0.0925. The Morgan fingerprint density at radius 3 is 3.00 bits per heavy atom. The van der Waals surface area contributed by atoms with Gasteiger partial charge < -0.3 is 9.64 Å². The van der Waals surface area contributed by atoms with Crippen molar-refractivity contribution in [3.05, 3.63) is 0 Å². The summed E-state index contributed by atoms with van der Waals surface area (Å²) in [5.41, 5.74) is 0. The number of hydrogen-bond donors (Lipinski definition) is 0. The molecule has 0 aromatic rings. The van der Waals surface area contributed by atoms with Gasteiger partial charge in [-0.25, -0.2) is 0 Å². The highest BCUT2D eigenvalue weighted by atomic mass is 16.5. The van der Waals surface area contributed by atoms with Gasteiger partial charge in [-0.15, -0.1) is 0 Å². The lowest BCUT2D eigenvalue weighted by Crippen LogP contribution is -2.50. The number of rotatable bonds is 1. The van der Waals surface area contributed by atoms with Crippen molar-refractivity contribution in [2.45, 2.75) is 32.4 Å². The average Bonchev–Trinajstić information content (AvgIpc) is 2.09. The lowest BCUT2D eigenvalue weighted by atomic mass is 10.2. The highest BCUT2D eigenvalue weighted by Gasteiger charge is 2.26. The first-order valence-corrected chi connectivity index (χ1v) is 4.43. The molecule has 0 bridgehead atoms. The maximum Gasteiger partial charge on any atom is 0.237 e. The topological polar surface area (TPSA) is 53.3 Å². The largest absolute Gasteiger partial charge is 0.375 e. The molecule has 1 aliphatic rings. The molecule has 2 atom stereocenters. The number of morpholine rings is 1. The number of carbonyl (C=O) groups is 1. The minimum absolute atomic E-state index is 0.0307. The second-order valence-corrected chi connectivity index (χ2v) is 3.37. The van der Waals surface area contributed by atoms with Crippen molar-refractivity contribution >= 4 is 5.91 Å². The summed E-state index contributed by atoms with van der Waals surface area (Å²) >= 11 is 0. The summed E-state index contributed by atoms with van der Waals surface area (Å²) in [7, 11) is 0. The highest BCUT2D eigenvalue weighted by Crippen LogP contribution is 2.12. The van der Waals surface area contributed by atoms with E-state index in [1.165, 1.54) is 0 Å². The van der Waals surface area contributed by atoms with Gasteiger partial charge in [0.1, 0.15) is 6.42 Å². The van der Waals surface area contributed by atoms with Gasteiger partial charge in [-0.3, -0.25) is 4.79 Å². The molecule has 72 valence electrons. The summed E-state index contributed by atoms with van der Waals surface area (Å²) in [5, 5.41) is 8.39. The first-order valence-electron chi connectivity index (χ1n) is 4.43. The van der Waals surface area contributed by atoms with E-state index in [0.29, 0.717) is 13.2 Å². The molecule has 0 aliphatic carbocycles. The van der Waals surface area contributed by atoms with E-state index in [0.717, 1.165) is 0 Å². The molecule has 2 unspecified atom stereocenters. The molecule has 4 nitrogen and oxygen atoms in total. The van der Waals surface area contributed by atoms with Crippen LogP contribution in [-0.2, 0) is 9.53 Å². The van der Waals surface area contributed by atoms with Gasteiger partial charge in [0.05, 0.1) is 24.8 Å². The first-order chi connectivity index (χ1) is 6.15. The Morgan fingerprint density at radius 2 is 2.38 bits per heavy atom. The van der Waals surface area contributed by atoms with Crippen LogP contribution in [0.2, 0.25) is 0 Å². The maximum atomic E-state index is 11.4. The lowest BCUT2D eigenvalue weighted by Gasteiger charge is -2.36. The molecule has 0 radical (unpaired) electrons. The number of nitriles is 1. The highest BCUT2D eigenvalue weighted by molar-refractivity contribution is 5.78. The third kappa shape index (κ3) is 2.43. The molecular formula is C9H14N2O2. The van der Waals surface area contributed by atoms with Gasteiger partial charge in [0, 0.05) is 6.54 Å². The van der Waals surface area contributed by atoms with Crippen LogP contribution in [0.5, 0.6) is 0 Å². The fourth-order valence-corrected chi connectivity index (χ4v) is 1.42. The summed E-state index contributed by atoms with van der Waals surface area (Å²) in [5.74, 6) is -0.0925. The van der Waals surface area contributed by atoms with Gasteiger partial charge in [-0.05, 0) is 13.8 Å². The fourth-order valence-electron chi connectivity index (χ4n) is 1.42. The van der Waals surface area contributed by atoms with Crippen LogP contribution in [0.1, 0.15) is 20.3 Å². The maximum absolute atomic E-state index is 11.4. The second-order valence-electron chi connectivity index (χ2n) is 3.37. The Hall–Kier alpha value is -1.08. The summed E-state index contributed by atoms with van der Waals surface area (Å²) in [6, 6.07) is 1.96. The summed E-state index contributed by atoms with van der Waals surface area (Å²) < 4.78 is 5.37. The smallest absolute Gasteiger partial charge is 0.237 e. The number of ether oxygens (including phenoxy) is 1. The lowest BCUT2D eigenvalue weighted by molar-refractivity contribution is -0.142. The van der Waals surface area contributed by atoms with Crippen molar-refractivity contribution in [3.8, 4) is 6.07 Å². The normalized spacial score (nSPS) is 28.2. The van der Waals surface area contributed by atoms with Crippen LogP contribution in [0.15, 0.2) is 0 Å². The summed E-state index contributed by atoms with van der Waals surface area (Å²) in [6.07, 6.45) is 0.0516. The van der Waals surface area contributed by atoms with Gasteiger partial charge in [0.25, 0.3) is 0 Å². The van der Waals surface area contributed by atoms with E-state index in [1.807, 2.05) is 19.9 Å². The molecule has 1 fully saturated rings. The molecule has 13 heavy (non-hydrogen) atoms. The van der Waals surface area contributed by atoms with Crippen LogP contribution in [-0.4, -0.2) is 36.1 Å². The molecule has 0 spiro atoms. The van der Waals surface area contributed by atoms with E-state index >= 15 is 0 Å². The third-order valence-corrected chi connectivity index (χ3v) is 2.16. The molecule has 1 amide bonds. The predicted molar refractivity (Wildman–Crippen MR) is 46.8 cm³/mol. The molecule has 0 aromatic heterocycles. The quantitative estimate of drug-likeness (QED) is 0.594. The molecule has 4 heteroatoms. The van der Waals surface area contributed by atoms with Crippen LogP contribution in [0.25, 0.3) is 0 Å². The monoisotopic (exact) mass is 182 g/mol. The first kappa shape index (κ1) is 10.0. The molecule has 1 aliphatic heterocycles. The zero-order chi connectivity index (χ0) is 9.84. The second kappa shape index (κ2) is 4.24. The Kier molecular flexibility index (Phi) is 3.26. The van der Waals surface area contributed by atoms with Gasteiger partial charge in [0.2, 0.25) is 5.91 Å². The van der Waals surface area contributed by atoms with E-state index in [2.05, 4.69) is 0 Å². The van der Waals surface area contributed by atoms with Crippen LogP contribution in [0.3, 0.4) is 0 Å². The van der Waals surface area contributed by atoms with Crippen LogP contribution in [0.4, 0.5) is 0 Å². The SMILES string of the molecule is CC1CN(C(=O)CC#N)C(C)CO1. The van der Waals surface area contributed by atoms with Crippen molar-refractivity contribution in [2.75, 3.05) is 13.2 Å². The molecule has 1 rings (SSSR count). The standard InChI is InChI=1S/C9H14N2O2/c1-7-6-13-8(2)5-11(7)9(12)3-4-10/h7-8H,3,5-6H2,1-2H3. The molecule has 1 heterocycles. The van der Waals surface area contributed by atoms with E-state index in [-0.39, 0.29) is 24.5 Å². The van der Waals surface area contributed by atoms with Crippen molar-refractivity contribution < 1.29 is 9.53 Å². The van der Waals surface area contributed by atoms with Crippen LogP contribution >= 0.6 is 0 Å². The molecule has 0 N–H and O–H groups in total. The van der Waals surface area contributed by atoms with E-state index in [9.17, 15) is 4.79 Å². The Morgan fingerprint density at radius 1 is 1.69 bits per heavy atom. The zero-order valence-corrected chi connectivity index (χ0v) is 7.99.